The summed E-state index contributed by atoms with van der Waals surface area (Å²) in [5, 5.41) is 13.6. The highest BCUT2D eigenvalue weighted by atomic mass is 16.5. The van der Waals surface area contributed by atoms with Crippen LogP contribution in [-0.2, 0) is 17.8 Å². The van der Waals surface area contributed by atoms with Crippen molar-refractivity contribution in [3.63, 3.8) is 0 Å². The summed E-state index contributed by atoms with van der Waals surface area (Å²) in [6, 6.07) is 4.16. The molecule has 0 aliphatic carbocycles. The second-order valence-electron chi connectivity index (χ2n) is 4.76. The lowest BCUT2D eigenvalue weighted by atomic mass is 9.97. The van der Waals surface area contributed by atoms with Crippen LogP contribution in [0, 0.1) is 0 Å². The smallest absolute Gasteiger partial charge is 0.105 e. The number of hydrogen-bond acceptors (Lipinski definition) is 3. The third kappa shape index (κ3) is 2.70. The molecule has 1 saturated heterocycles. The number of nitrogens with one attached hydrogen (secondary N) is 1. The maximum absolute atomic E-state index is 10.3. The van der Waals surface area contributed by atoms with Gasteiger partial charge in [-0.1, -0.05) is 0 Å². The van der Waals surface area contributed by atoms with Gasteiger partial charge < -0.3 is 19.7 Å². The number of nitrogens with zero attached hydrogens (tertiary/aromatic N) is 1. The van der Waals surface area contributed by atoms with Crippen LogP contribution in [-0.4, -0.2) is 34.5 Å². The average molecular weight is 238 g/mol. The highest BCUT2D eigenvalue weighted by Gasteiger charge is 2.38. The first kappa shape index (κ1) is 12.6. The van der Waals surface area contributed by atoms with Gasteiger partial charge >= 0.3 is 0 Å². The quantitative estimate of drug-likeness (QED) is 0.808. The summed E-state index contributed by atoms with van der Waals surface area (Å²) in [6.07, 6.45) is 2.72. The Kier molecular flexibility index (Phi) is 3.86. The zero-order chi connectivity index (χ0) is 12.3. The monoisotopic (exact) mass is 238 g/mol. The van der Waals surface area contributed by atoms with E-state index in [1.165, 1.54) is 5.69 Å². The third-order valence-corrected chi connectivity index (χ3v) is 3.66. The minimum Gasteiger partial charge on any atom is -0.386 e. The van der Waals surface area contributed by atoms with Crippen LogP contribution in [0.4, 0.5) is 0 Å². The molecule has 0 amide bonds. The molecule has 2 rings (SSSR count). The molecule has 2 unspecified atom stereocenters. The maximum atomic E-state index is 10.3. The lowest BCUT2D eigenvalue weighted by Crippen LogP contribution is -2.45. The third-order valence-electron chi connectivity index (χ3n) is 3.66. The molecule has 0 radical (unpaired) electrons. The largest absolute Gasteiger partial charge is 0.386 e. The fourth-order valence-electron chi connectivity index (χ4n) is 2.33. The Morgan fingerprint density at radius 1 is 1.65 bits per heavy atom. The van der Waals surface area contributed by atoms with Crippen LogP contribution in [0.1, 0.15) is 26.0 Å². The van der Waals surface area contributed by atoms with Gasteiger partial charge in [0.25, 0.3) is 0 Å². The van der Waals surface area contributed by atoms with Crippen molar-refractivity contribution in [1.82, 2.24) is 9.88 Å². The van der Waals surface area contributed by atoms with Crippen molar-refractivity contribution < 1.29 is 9.84 Å². The molecule has 1 fully saturated rings. The zero-order valence-corrected chi connectivity index (χ0v) is 10.6. The Labute approximate surface area is 103 Å². The summed E-state index contributed by atoms with van der Waals surface area (Å²) < 4.78 is 7.61. The molecular formula is C13H22N2O2. The van der Waals surface area contributed by atoms with Gasteiger partial charge in [-0.05, 0) is 26.0 Å². The van der Waals surface area contributed by atoms with Crippen LogP contribution in [0.25, 0.3) is 0 Å². The molecule has 1 aliphatic heterocycles. The molecule has 96 valence electrons. The van der Waals surface area contributed by atoms with E-state index in [-0.39, 0.29) is 6.10 Å². The summed E-state index contributed by atoms with van der Waals surface area (Å²) in [4.78, 5) is 0. The van der Waals surface area contributed by atoms with Crippen LogP contribution in [0.2, 0.25) is 0 Å². The topological polar surface area (TPSA) is 46.4 Å². The number of ether oxygens (including phenoxy) is 1. The van der Waals surface area contributed by atoms with E-state index in [2.05, 4.69) is 35.1 Å². The number of aryl methyl sites for hydroxylation is 1. The van der Waals surface area contributed by atoms with Crippen LogP contribution in [0.15, 0.2) is 18.3 Å². The first-order chi connectivity index (χ1) is 8.15. The van der Waals surface area contributed by atoms with E-state index in [1.807, 2.05) is 6.92 Å². The number of rotatable bonds is 5. The molecule has 1 aliphatic rings. The van der Waals surface area contributed by atoms with Crippen LogP contribution >= 0.6 is 0 Å². The van der Waals surface area contributed by atoms with E-state index < -0.39 is 5.60 Å². The summed E-state index contributed by atoms with van der Waals surface area (Å²) in [5.74, 6) is 0. The standard InChI is InChI=1S/C13H22N2O2/c1-3-15-7-4-5-12(15)9-14-10-13(16)6-8-17-11(13)2/h4-5,7,11,14,16H,3,6,8-10H2,1-2H3. The lowest BCUT2D eigenvalue weighted by Gasteiger charge is -2.26. The summed E-state index contributed by atoms with van der Waals surface area (Å²) in [6.45, 7) is 7.07. The Morgan fingerprint density at radius 2 is 2.47 bits per heavy atom. The van der Waals surface area contributed by atoms with Crippen LogP contribution in [0.3, 0.4) is 0 Å². The average Bonchev–Trinajstić information content (AvgIpc) is 2.88. The molecule has 0 saturated carbocycles. The van der Waals surface area contributed by atoms with Gasteiger partial charge in [0.1, 0.15) is 5.60 Å². The van der Waals surface area contributed by atoms with E-state index in [4.69, 9.17) is 4.74 Å². The molecule has 2 heterocycles. The van der Waals surface area contributed by atoms with Crippen molar-refractivity contribution in [2.24, 2.45) is 0 Å². The molecule has 2 atom stereocenters. The predicted molar refractivity (Wildman–Crippen MR) is 66.8 cm³/mol. The molecule has 2 N–H and O–H groups in total. The summed E-state index contributed by atoms with van der Waals surface area (Å²) in [7, 11) is 0. The van der Waals surface area contributed by atoms with Crippen molar-refractivity contribution in [2.45, 2.75) is 45.1 Å². The minimum absolute atomic E-state index is 0.0760. The lowest BCUT2D eigenvalue weighted by molar-refractivity contribution is -0.0263. The van der Waals surface area contributed by atoms with Gasteiger partial charge in [-0.15, -0.1) is 0 Å². The van der Waals surface area contributed by atoms with Gasteiger partial charge in [0.15, 0.2) is 0 Å². The Hall–Kier alpha value is -0.840. The molecule has 4 heteroatoms. The maximum Gasteiger partial charge on any atom is 0.105 e. The SMILES string of the molecule is CCn1cccc1CNCC1(O)CCOC1C. The minimum atomic E-state index is -0.705. The van der Waals surface area contributed by atoms with Crippen LogP contribution in [0.5, 0.6) is 0 Å². The first-order valence-electron chi connectivity index (χ1n) is 6.34. The van der Waals surface area contributed by atoms with E-state index >= 15 is 0 Å². The summed E-state index contributed by atoms with van der Waals surface area (Å²) >= 11 is 0. The molecule has 1 aromatic rings. The number of hydrogen-bond donors (Lipinski definition) is 2. The number of aromatic nitrogens is 1. The van der Waals surface area contributed by atoms with Crippen molar-refractivity contribution >= 4 is 0 Å². The Morgan fingerprint density at radius 3 is 3.12 bits per heavy atom. The van der Waals surface area contributed by atoms with Gasteiger partial charge in [0.2, 0.25) is 0 Å². The fraction of sp³-hybridized carbons (Fsp3) is 0.692. The highest BCUT2D eigenvalue weighted by Crippen LogP contribution is 2.24. The van der Waals surface area contributed by atoms with Crippen molar-refractivity contribution in [1.29, 1.82) is 0 Å². The zero-order valence-electron chi connectivity index (χ0n) is 10.6. The molecular weight excluding hydrogens is 216 g/mol. The summed E-state index contributed by atoms with van der Waals surface area (Å²) in [5.41, 5.74) is 0.548. The molecule has 17 heavy (non-hydrogen) atoms. The Balaban J connectivity index is 1.83. The molecule has 0 aromatic carbocycles. The second-order valence-corrected chi connectivity index (χ2v) is 4.76. The Bertz CT molecular complexity index is 364. The molecule has 1 aromatic heterocycles. The van der Waals surface area contributed by atoms with Crippen molar-refractivity contribution in [3.05, 3.63) is 24.0 Å². The van der Waals surface area contributed by atoms with Gasteiger partial charge in [0, 0.05) is 44.6 Å². The first-order valence-corrected chi connectivity index (χ1v) is 6.34. The number of aliphatic hydroxyl groups is 1. The second kappa shape index (κ2) is 5.21. The van der Waals surface area contributed by atoms with Crippen molar-refractivity contribution in [2.75, 3.05) is 13.2 Å². The van der Waals surface area contributed by atoms with E-state index in [0.717, 1.165) is 19.5 Å². The van der Waals surface area contributed by atoms with Gasteiger partial charge in [-0.25, -0.2) is 0 Å². The van der Waals surface area contributed by atoms with E-state index in [1.54, 1.807) is 0 Å². The van der Waals surface area contributed by atoms with Crippen molar-refractivity contribution in [3.8, 4) is 0 Å². The van der Waals surface area contributed by atoms with E-state index in [0.29, 0.717) is 13.2 Å². The molecule has 0 spiro atoms. The fourth-order valence-corrected chi connectivity index (χ4v) is 2.33. The molecule has 4 nitrogen and oxygen atoms in total. The molecule has 0 bridgehead atoms. The normalized spacial score (nSPS) is 28.8. The predicted octanol–water partition coefficient (Wildman–Crippen LogP) is 1.14. The van der Waals surface area contributed by atoms with Gasteiger partial charge in [-0.3, -0.25) is 0 Å². The van der Waals surface area contributed by atoms with Crippen LogP contribution < -0.4 is 5.32 Å². The van der Waals surface area contributed by atoms with E-state index in [9.17, 15) is 5.11 Å². The highest BCUT2D eigenvalue weighted by molar-refractivity contribution is 5.07. The van der Waals surface area contributed by atoms with Gasteiger partial charge in [-0.2, -0.15) is 0 Å². The van der Waals surface area contributed by atoms with Gasteiger partial charge in [0.05, 0.1) is 6.10 Å².